The summed E-state index contributed by atoms with van der Waals surface area (Å²) < 4.78 is 5.68. The third-order valence-corrected chi connectivity index (χ3v) is 4.66. The molecule has 1 N–H and O–H groups in total. The van der Waals surface area contributed by atoms with Crippen molar-refractivity contribution in [3.63, 3.8) is 0 Å². The Kier molecular flexibility index (Phi) is 5.28. The number of non-ortho nitro benzene ring substituents is 1. The number of rotatable bonds is 5. The van der Waals surface area contributed by atoms with Gasteiger partial charge in [-0.1, -0.05) is 48.5 Å². The van der Waals surface area contributed by atoms with Crippen molar-refractivity contribution in [2.75, 3.05) is 5.32 Å². The van der Waals surface area contributed by atoms with Crippen LogP contribution in [-0.4, -0.2) is 10.8 Å². The predicted octanol–water partition coefficient (Wildman–Crippen LogP) is 5.55. The van der Waals surface area contributed by atoms with E-state index in [2.05, 4.69) is 5.32 Å². The molecule has 0 aliphatic carbocycles. The van der Waals surface area contributed by atoms with E-state index in [9.17, 15) is 20.2 Å². The van der Waals surface area contributed by atoms with E-state index < -0.39 is 10.8 Å². The SMILES string of the molecule is N#C/C(=C\c1ccc(-c2cccc([N+](=O)[O-])c2)o1)C(=O)Nc1cccc2ccccc12. The molecule has 0 fully saturated rings. The molecule has 0 spiro atoms. The summed E-state index contributed by atoms with van der Waals surface area (Å²) >= 11 is 0. The molecule has 150 valence electrons. The number of nitrogens with one attached hydrogen (secondary N) is 1. The van der Waals surface area contributed by atoms with Crippen LogP contribution in [0.25, 0.3) is 28.2 Å². The quantitative estimate of drug-likeness (QED) is 0.201. The van der Waals surface area contributed by atoms with E-state index in [1.54, 1.807) is 30.3 Å². The molecule has 31 heavy (non-hydrogen) atoms. The number of carbonyl (C=O) groups is 1. The zero-order valence-corrected chi connectivity index (χ0v) is 16.1. The number of nitriles is 1. The molecule has 0 radical (unpaired) electrons. The fraction of sp³-hybridized carbons (Fsp3) is 0. The lowest BCUT2D eigenvalue weighted by Gasteiger charge is -2.08. The highest BCUT2D eigenvalue weighted by atomic mass is 16.6. The fourth-order valence-corrected chi connectivity index (χ4v) is 3.17. The molecule has 4 aromatic rings. The second-order valence-corrected chi connectivity index (χ2v) is 6.66. The first-order chi connectivity index (χ1) is 15.0. The van der Waals surface area contributed by atoms with Gasteiger partial charge in [-0.25, -0.2) is 0 Å². The maximum absolute atomic E-state index is 12.7. The molecule has 0 unspecified atom stereocenters. The fourth-order valence-electron chi connectivity index (χ4n) is 3.17. The third-order valence-electron chi connectivity index (χ3n) is 4.66. The van der Waals surface area contributed by atoms with Crippen LogP contribution < -0.4 is 5.32 Å². The maximum atomic E-state index is 12.7. The minimum atomic E-state index is -0.563. The van der Waals surface area contributed by atoms with Gasteiger partial charge in [0.2, 0.25) is 0 Å². The van der Waals surface area contributed by atoms with Gasteiger partial charge >= 0.3 is 0 Å². The number of nitrogens with zero attached hydrogens (tertiary/aromatic N) is 2. The average molecular weight is 409 g/mol. The van der Waals surface area contributed by atoms with Gasteiger partial charge in [0, 0.05) is 34.8 Å². The summed E-state index contributed by atoms with van der Waals surface area (Å²) in [6.07, 6.45) is 1.33. The summed E-state index contributed by atoms with van der Waals surface area (Å²) in [6, 6.07) is 24.3. The summed E-state index contributed by atoms with van der Waals surface area (Å²) in [6.45, 7) is 0. The van der Waals surface area contributed by atoms with Crippen LogP contribution in [0.15, 0.2) is 88.9 Å². The van der Waals surface area contributed by atoms with Gasteiger partial charge in [0.15, 0.2) is 0 Å². The number of hydrogen-bond donors (Lipinski definition) is 1. The van der Waals surface area contributed by atoms with Crippen molar-refractivity contribution in [2.45, 2.75) is 0 Å². The molecule has 0 bridgehead atoms. The van der Waals surface area contributed by atoms with Gasteiger partial charge in [-0.3, -0.25) is 14.9 Å². The van der Waals surface area contributed by atoms with Gasteiger partial charge in [-0.2, -0.15) is 5.26 Å². The number of benzene rings is 3. The molecule has 4 rings (SSSR count). The van der Waals surface area contributed by atoms with Crippen molar-refractivity contribution in [3.05, 3.63) is 100 Å². The highest BCUT2D eigenvalue weighted by Gasteiger charge is 2.14. The lowest BCUT2D eigenvalue weighted by Crippen LogP contribution is -2.13. The summed E-state index contributed by atoms with van der Waals surface area (Å²) in [4.78, 5) is 23.1. The number of nitro benzene ring substituents is 1. The normalized spacial score (nSPS) is 11.1. The zero-order valence-electron chi connectivity index (χ0n) is 16.1. The monoisotopic (exact) mass is 409 g/mol. The Hall–Kier alpha value is -4.70. The van der Waals surface area contributed by atoms with Gasteiger partial charge in [-0.15, -0.1) is 0 Å². The number of amides is 1. The smallest absolute Gasteiger partial charge is 0.270 e. The molecule has 0 aliphatic heterocycles. The first kappa shape index (κ1) is 19.6. The van der Waals surface area contributed by atoms with Crippen LogP contribution in [0, 0.1) is 21.4 Å². The molecule has 0 saturated heterocycles. The number of hydrogen-bond acceptors (Lipinski definition) is 5. The molecular weight excluding hydrogens is 394 g/mol. The van der Waals surface area contributed by atoms with E-state index in [1.165, 1.54) is 18.2 Å². The summed E-state index contributed by atoms with van der Waals surface area (Å²) in [5.41, 5.74) is 0.930. The topological polar surface area (TPSA) is 109 Å². The summed E-state index contributed by atoms with van der Waals surface area (Å²) in [5.74, 6) is 0.111. The molecular formula is C24H15N3O4. The van der Waals surface area contributed by atoms with E-state index >= 15 is 0 Å². The van der Waals surface area contributed by atoms with Crippen molar-refractivity contribution < 1.29 is 14.1 Å². The first-order valence-electron chi connectivity index (χ1n) is 9.31. The van der Waals surface area contributed by atoms with Crippen molar-refractivity contribution in [1.29, 1.82) is 5.26 Å². The largest absolute Gasteiger partial charge is 0.457 e. The highest BCUT2D eigenvalue weighted by Crippen LogP contribution is 2.27. The van der Waals surface area contributed by atoms with E-state index in [4.69, 9.17) is 4.42 Å². The number of carbonyl (C=O) groups excluding carboxylic acids is 1. The van der Waals surface area contributed by atoms with Gasteiger partial charge < -0.3 is 9.73 Å². The minimum Gasteiger partial charge on any atom is -0.457 e. The van der Waals surface area contributed by atoms with E-state index in [0.29, 0.717) is 17.0 Å². The minimum absolute atomic E-state index is 0.0572. The van der Waals surface area contributed by atoms with Crippen molar-refractivity contribution in [2.24, 2.45) is 0 Å². The summed E-state index contributed by atoms with van der Waals surface area (Å²) in [7, 11) is 0. The second-order valence-electron chi connectivity index (χ2n) is 6.66. The van der Waals surface area contributed by atoms with Gasteiger partial charge in [0.25, 0.3) is 11.6 Å². The van der Waals surface area contributed by atoms with Crippen LogP contribution in [0.2, 0.25) is 0 Å². The van der Waals surface area contributed by atoms with Crippen LogP contribution in [0.4, 0.5) is 11.4 Å². The van der Waals surface area contributed by atoms with Gasteiger partial charge in [-0.05, 0) is 23.6 Å². The standard InChI is InChI=1S/C24H15N3O4/c25-15-18(24(28)26-22-10-4-6-16-5-1-2-9-21(16)22)14-20-11-12-23(31-20)17-7-3-8-19(13-17)27(29)30/h1-14H,(H,26,28)/b18-14+. The van der Waals surface area contributed by atoms with Crippen molar-refractivity contribution in [1.82, 2.24) is 0 Å². The first-order valence-corrected chi connectivity index (χ1v) is 9.31. The molecule has 0 atom stereocenters. The maximum Gasteiger partial charge on any atom is 0.270 e. The van der Waals surface area contributed by atoms with Gasteiger partial charge in [0.05, 0.1) is 4.92 Å². The molecule has 1 amide bonds. The van der Waals surface area contributed by atoms with E-state index in [0.717, 1.165) is 10.8 Å². The molecule has 1 aromatic heterocycles. The molecule has 1 heterocycles. The number of nitro groups is 1. The van der Waals surface area contributed by atoms with E-state index in [1.807, 2.05) is 42.5 Å². The Morgan fingerprint density at radius 2 is 1.81 bits per heavy atom. The Morgan fingerprint density at radius 3 is 2.61 bits per heavy atom. The molecule has 7 nitrogen and oxygen atoms in total. The Labute approximate surface area is 177 Å². The third kappa shape index (κ3) is 4.18. The molecule has 3 aromatic carbocycles. The predicted molar refractivity (Wildman–Crippen MR) is 117 cm³/mol. The molecule has 0 saturated carbocycles. The molecule has 0 aliphatic rings. The van der Waals surface area contributed by atoms with Crippen LogP contribution in [-0.2, 0) is 4.79 Å². The Balaban J connectivity index is 1.59. The van der Waals surface area contributed by atoms with Crippen LogP contribution >= 0.6 is 0 Å². The van der Waals surface area contributed by atoms with Crippen molar-refractivity contribution in [3.8, 4) is 17.4 Å². The average Bonchev–Trinajstić information content (AvgIpc) is 3.26. The van der Waals surface area contributed by atoms with Crippen LogP contribution in [0.1, 0.15) is 5.76 Å². The Bertz CT molecular complexity index is 1370. The summed E-state index contributed by atoms with van der Waals surface area (Å²) in [5, 5.41) is 25.0. The lowest BCUT2D eigenvalue weighted by molar-refractivity contribution is -0.384. The van der Waals surface area contributed by atoms with Crippen LogP contribution in [0.5, 0.6) is 0 Å². The van der Waals surface area contributed by atoms with Crippen LogP contribution in [0.3, 0.4) is 0 Å². The van der Waals surface area contributed by atoms with E-state index in [-0.39, 0.29) is 17.0 Å². The van der Waals surface area contributed by atoms with Crippen molar-refractivity contribution >= 4 is 34.1 Å². The van der Waals surface area contributed by atoms with Gasteiger partial charge in [0.1, 0.15) is 23.2 Å². The lowest BCUT2D eigenvalue weighted by atomic mass is 10.1. The number of fused-ring (bicyclic) bond motifs is 1. The highest BCUT2D eigenvalue weighted by molar-refractivity contribution is 6.12. The molecule has 7 heteroatoms. The number of furan rings is 1. The second kappa shape index (κ2) is 8.35. The zero-order chi connectivity index (χ0) is 21.8. The number of anilines is 1. The Morgan fingerprint density at radius 1 is 1.03 bits per heavy atom.